The molecule has 0 radical (unpaired) electrons. The van der Waals surface area contributed by atoms with Crippen molar-refractivity contribution in [2.24, 2.45) is 0 Å². The first kappa shape index (κ1) is 30.2. The van der Waals surface area contributed by atoms with Gasteiger partial charge < -0.3 is 25.2 Å². The van der Waals surface area contributed by atoms with Crippen molar-refractivity contribution in [2.45, 2.75) is 25.8 Å². The summed E-state index contributed by atoms with van der Waals surface area (Å²) in [4.78, 5) is 35.4. The number of nitrogens with zero attached hydrogens (tertiary/aromatic N) is 5. The maximum atomic E-state index is 13.7. The Balaban J connectivity index is 1.76. The van der Waals surface area contributed by atoms with Crippen molar-refractivity contribution in [1.82, 2.24) is 20.1 Å². The summed E-state index contributed by atoms with van der Waals surface area (Å²) in [5.74, 6) is -1.13. The molecular weight excluding hydrogens is 580 g/mol. The van der Waals surface area contributed by atoms with Crippen molar-refractivity contribution in [3.05, 3.63) is 52.8 Å². The Kier molecular flexibility index (Phi) is 8.83. The van der Waals surface area contributed by atoms with E-state index in [0.29, 0.717) is 12.4 Å². The number of rotatable bonds is 10. The molecule has 2 aromatic heterocycles. The number of amides is 2. The van der Waals surface area contributed by atoms with Crippen LogP contribution in [0.4, 0.5) is 25.8 Å². The van der Waals surface area contributed by atoms with Crippen LogP contribution in [0.3, 0.4) is 0 Å². The first-order valence-corrected chi connectivity index (χ1v) is 14.5. The van der Waals surface area contributed by atoms with E-state index in [1.165, 1.54) is 18.3 Å². The fourth-order valence-electron chi connectivity index (χ4n) is 4.61. The molecule has 2 N–H and O–H groups in total. The summed E-state index contributed by atoms with van der Waals surface area (Å²) in [6.07, 6.45) is 0.233. The fraction of sp³-hybridized carbons (Fsp3) is 0.385. The van der Waals surface area contributed by atoms with Crippen LogP contribution in [0.1, 0.15) is 34.7 Å². The van der Waals surface area contributed by atoms with Crippen LogP contribution in [-0.2, 0) is 10.8 Å². The Hall–Kier alpha value is -3.78. The Labute approximate surface area is 243 Å². The Morgan fingerprint density at radius 1 is 1.20 bits per heavy atom. The van der Waals surface area contributed by atoms with E-state index in [2.05, 4.69) is 20.7 Å². The highest BCUT2D eigenvalue weighted by Gasteiger charge is 2.33. The number of anilines is 3. The number of pyridine rings is 1. The summed E-state index contributed by atoms with van der Waals surface area (Å²) in [5.41, 5.74) is 0.841. The van der Waals surface area contributed by atoms with E-state index in [9.17, 15) is 22.6 Å². The smallest absolute Gasteiger partial charge is 0.274 e. The number of hydrogen-bond donors (Lipinski definition) is 2. The van der Waals surface area contributed by atoms with Gasteiger partial charge in [0.1, 0.15) is 5.69 Å². The van der Waals surface area contributed by atoms with Crippen LogP contribution in [0.25, 0.3) is 5.82 Å². The number of aromatic nitrogens is 3. The molecule has 220 valence electrons. The van der Waals surface area contributed by atoms with Gasteiger partial charge in [-0.1, -0.05) is 11.6 Å². The molecule has 1 atom stereocenters. The highest BCUT2D eigenvalue weighted by molar-refractivity contribution is 7.84. The van der Waals surface area contributed by atoms with E-state index in [0.717, 1.165) is 10.4 Å². The lowest BCUT2D eigenvalue weighted by Crippen LogP contribution is -2.47. The number of benzene rings is 1. The van der Waals surface area contributed by atoms with Gasteiger partial charge in [0, 0.05) is 54.7 Å². The molecule has 0 bridgehead atoms. The average Bonchev–Trinajstić information content (AvgIpc) is 3.42. The van der Waals surface area contributed by atoms with Crippen molar-refractivity contribution in [1.29, 1.82) is 0 Å². The lowest BCUT2D eigenvalue weighted by Gasteiger charge is -2.27. The highest BCUT2D eigenvalue weighted by atomic mass is 35.5. The van der Waals surface area contributed by atoms with E-state index in [1.807, 2.05) is 23.9 Å². The summed E-state index contributed by atoms with van der Waals surface area (Å²) >= 11 is 6.29. The standard InChI is InChI=1S/C26H30ClF2N7O4S/c1-26(2,13-41(5)39)32-25(38)21-16(8-9-17-22(21)35(4)14-34(17)3)31-24(37)18-11-20(40-12-19(28)29)33-36(18)23-15(27)7-6-10-30-23/h6-11,19H,12-14H2,1-5H3,(H,31,37)(H,32,38). The van der Waals surface area contributed by atoms with Crippen LogP contribution in [0.15, 0.2) is 36.5 Å². The Morgan fingerprint density at radius 3 is 2.59 bits per heavy atom. The van der Waals surface area contributed by atoms with Gasteiger partial charge in [-0.25, -0.2) is 18.4 Å². The summed E-state index contributed by atoms with van der Waals surface area (Å²) in [6, 6.07) is 7.70. The van der Waals surface area contributed by atoms with Gasteiger partial charge in [-0.3, -0.25) is 13.8 Å². The van der Waals surface area contributed by atoms with Gasteiger partial charge >= 0.3 is 0 Å². The molecule has 15 heteroatoms. The minimum atomic E-state index is -2.76. The molecule has 4 rings (SSSR count). The number of carbonyl (C=O) groups is 2. The van der Waals surface area contributed by atoms with Crippen LogP contribution in [-0.4, -0.2) is 82.1 Å². The Morgan fingerprint density at radius 2 is 1.93 bits per heavy atom. The molecular formula is C26H30ClF2N7O4S. The van der Waals surface area contributed by atoms with Crippen molar-refractivity contribution in [3.8, 4) is 11.7 Å². The number of halogens is 3. The second-order valence-corrected chi connectivity index (χ2v) is 12.0. The average molecular weight is 610 g/mol. The molecule has 0 saturated heterocycles. The van der Waals surface area contributed by atoms with Gasteiger partial charge in [-0.2, -0.15) is 0 Å². The number of alkyl halides is 2. The van der Waals surface area contributed by atoms with Crippen molar-refractivity contribution in [3.63, 3.8) is 0 Å². The van der Waals surface area contributed by atoms with Gasteiger partial charge in [0.05, 0.1) is 34.3 Å². The number of ether oxygens (including phenoxy) is 1. The van der Waals surface area contributed by atoms with Gasteiger partial charge in [0.15, 0.2) is 12.4 Å². The largest absolute Gasteiger partial charge is 0.471 e. The maximum Gasteiger partial charge on any atom is 0.274 e. The van der Waals surface area contributed by atoms with E-state index < -0.39 is 41.2 Å². The molecule has 0 saturated carbocycles. The number of carbonyl (C=O) groups excluding carboxylic acids is 2. The van der Waals surface area contributed by atoms with E-state index in [1.54, 1.807) is 38.3 Å². The molecule has 3 aromatic rings. The van der Waals surface area contributed by atoms with E-state index >= 15 is 0 Å². The normalized spacial score (nSPS) is 13.8. The first-order valence-electron chi connectivity index (χ1n) is 12.4. The highest BCUT2D eigenvalue weighted by Crippen LogP contribution is 2.41. The topological polar surface area (TPSA) is 122 Å². The van der Waals surface area contributed by atoms with Gasteiger partial charge in [0.25, 0.3) is 18.2 Å². The summed E-state index contributed by atoms with van der Waals surface area (Å²) in [5, 5.41) is 9.98. The molecule has 1 aliphatic heterocycles. The van der Waals surface area contributed by atoms with Gasteiger partial charge in [-0.15, -0.1) is 5.10 Å². The Bertz CT molecular complexity index is 1500. The second kappa shape index (κ2) is 12.0. The third-order valence-corrected chi connectivity index (χ3v) is 7.50. The molecule has 3 heterocycles. The number of hydrogen-bond acceptors (Lipinski definition) is 8. The first-order chi connectivity index (χ1) is 19.3. The lowest BCUT2D eigenvalue weighted by atomic mass is 10.0. The molecule has 41 heavy (non-hydrogen) atoms. The minimum absolute atomic E-state index is 0.0776. The number of nitrogens with one attached hydrogen (secondary N) is 2. The summed E-state index contributed by atoms with van der Waals surface area (Å²) in [6.45, 7) is 3.10. The molecule has 11 nitrogen and oxygen atoms in total. The van der Waals surface area contributed by atoms with Crippen LogP contribution in [0.5, 0.6) is 5.88 Å². The molecule has 0 aliphatic carbocycles. The molecule has 0 fully saturated rings. The SMILES string of the molecule is CN1CN(C)c2c1ccc(NC(=O)c1cc(OCC(F)F)nn1-c1ncccc1Cl)c2C(=O)NC(C)(C)CS(C)=O. The monoisotopic (exact) mass is 609 g/mol. The lowest BCUT2D eigenvalue weighted by molar-refractivity contribution is 0.0793. The van der Waals surface area contributed by atoms with Crippen LogP contribution in [0.2, 0.25) is 5.02 Å². The zero-order valence-corrected chi connectivity index (χ0v) is 24.6. The van der Waals surface area contributed by atoms with Crippen LogP contribution < -0.4 is 25.2 Å². The van der Waals surface area contributed by atoms with E-state index in [4.69, 9.17) is 16.3 Å². The molecule has 1 aliphatic rings. The fourth-order valence-corrected chi connectivity index (χ4v) is 5.90. The third kappa shape index (κ3) is 6.76. The van der Waals surface area contributed by atoms with Gasteiger partial charge in [0.2, 0.25) is 5.88 Å². The predicted molar refractivity (Wildman–Crippen MR) is 154 cm³/mol. The van der Waals surface area contributed by atoms with Crippen molar-refractivity contribution < 1.29 is 27.3 Å². The summed E-state index contributed by atoms with van der Waals surface area (Å²) < 4.78 is 43.6. The zero-order valence-electron chi connectivity index (χ0n) is 23.1. The van der Waals surface area contributed by atoms with Crippen LogP contribution >= 0.6 is 11.6 Å². The van der Waals surface area contributed by atoms with E-state index in [-0.39, 0.29) is 39.4 Å². The second-order valence-electron chi connectivity index (χ2n) is 10.2. The number of fused-ring (bicyclic) bond motifs is 1. The quantitative estimate of drug-likeness (QED) is 0.358. The third-order valence-electron chi connectivity index (χ3n) is 6.08. The van der Waals surface area contributed by atoms with Crippen molar-refractivity contribution in [2.75, 3.05) is 54.5 Å². The van der Waals surface area contributed by atoms with Gasteiger partial charge in [-0.05, 0) is 38.1 Å². The molecule has 2 amide bonds. The summed E-state index contributed by atoms with van der Waals surface area (Å²) in [7, 11) is 2.53. The van der Waals surface area contributed by atoms with Crippen LogP contribution in [0, 0.1) is 0 Å². The minimum Gasteiger partial charge on any atom is -0.471 e. The molecule has 1 aromatic carbocycles. The zero-order chi connectivity index (χ0) is 30.1. The van der Waals surface area contributed by atoms with Crippen molar-refractivity contribution >= 4 is 51.3 Å². The maximum absolute atomic E-state index is 13.7. The predicted octanol–water partition coefficient (Wildman–Crippen LogP) is 3.55. The molecule has 0 spiro atoms. The molecule has 1 unspecified atom stereocenters.